The van der Waals surface area contributed by atoms with E-state index in [2.05, 4.69) is 15.4 Å². The third-order valence-electron chi connectivity index (χ3n) is 4.67. The average Bonchev–Trinajstić information content (AvgIpc) is 3.22. The van der Waals surface area contributed by atoms with Gasteiger partial charge in [-0.05, 0) is 50.2 Å². The quantitative estimate of drug-likeness (QED) is 0.517. The van der Waals surface area contributed by atoms with Gasteiger partial charge in [0.25, 0.3) is 5.91 Å². The number of aromatic nitrogens is 4. The number of hydrogen-bond donors (Lipinski definition) is 1. The fourth-order valence-electron chi connectivity index (χ4n) is 3.03. The molecular formula is C21H21N5OS. The lowest BCUT2D eigenvalue weighted by Gasteiger charge is -2.07. The molecule has 0 bridgehead atoms. The van der Waals surface area contributed by atoms with Crippen molar-refractivity contribution in [2.75, 3.05) is 5.32 Å². The molecular weight excluding hydrogens is 370 g/mol. The number of fused-ring (bicyclic) bond motifs is 1. The van der Waals surface area contributed by atoms with Crippen molar-refractivity contribution in [1.29, 1.82) is 0 Å². The molecule has 0 aliphatic rings. The number of benzene rings is 1. The van der Waals surface area contributed by atoms with Crippen molar-refractivity contribution in [3.05, 3.63) is 77.4 Å². The van der Waals surface area contributed by atoms with Crippen molar-refractivity contribution in [2.45, 2.75) is 24.5 Å². The van der Waals surface area contributed by atoms with Gasteiger partial charge in [0.2, 0.25) is 0 Å². The highest BCUT2D eigenvalue weighted by molar-refractivity contribution is 7.98. The molecule has 6 nitrogen and oxygen atoms in total. The summed E-state index contributed by atoms with van der Waals surface area (Å²) in [6, 6.07) is 13.6. The summed E-state index contributed by atoms with van der Waals surface area (Å²) in [6.07, 6.45) is 4.04. The number of amides is 1. The second kappa shape index (κ2) is 7.52. The first-order valence-corrected chi connectivity index (χ1v) is 9.97. The zero-order valence-corrected chi connectivity index (χ0v) is 16.8. The Morgan fingerprint density at radius 2 is 1.93 bits per heavy atom. The number of imidazole rings is 1. The van der Waals surface area contributed by atoms with Crippen LogP contribution in [0.15, 0.2) is 59.8 Å². The van der Waals surface area contributed by atoms with E-state index >= 15 is 0 Å². The second-order valence-corrected chi connectivity index (χ2v) is 7.70. The van der Waals surface area contributed by atoms with Gasteiger partial charge in [-0.2, -0.15) is 5.10 Å². The van der Waals surface area contributed by atoms with Crippen LogP contribution in [-0.4, -0.2) is 25.1 Å². The fourth-order valence-corrected chi connectivity index (χ4v) is 3.82. The summed E-state index contributed by atoms with van der Waals surface area (Å²) in [6.45, 7) is 3.89. The van der Waals surface area contributed by atoms with Gasteiger partial charge >= 0.3 is 0 Å². The number of anilines is 1. The van der Waals surface area contributed by atoms with Gasteiger partial charge in [-0.3, -0.25) is 9.48 Å². The number of thioether (sulfide) groups is 1. The van der Waals surface area contributed by atoms with E-state index in [1.54, 1.807) is 16.4 Å². The van der Waals surface area contributed by atoms with E-state index in [4.69, 9.17) is 0 Å². The van der Waals surface area contributed by atoms with Gasteiger partial charge in [0.15, 0.2) is 0 Å². The van der Waals surface area contributed by atoms with E-state index < -0.39 is 0 Å². The first-order valence-electron chi connectivity index (χ1n) is 8.98. The molecule has 1 amide bonds. The Labute approximate surface area is 167 Å². The largest absolute Gasteiger partial charge is 0.307 e. The lowest BCUT2D eigenvalue weighted by molar-refractivity contribution is 0.102. The van der Waals surface area contributed by atoms with Crippen LogP contribution in [0.25, 0.3) is 5.65 Å². The third-order valence-corrected chi connectivity index (χ3v) is 5.72. The summed E-state index contributed by atoms with van der Waals surface area (Å²) in [4.78, 5) is 18.3. The second-order valence-electron chi connectivity index (χ2n) is 6.65. The van der Waals surface area contributed by atoms with Crippen LogP contribution in [0.2, 0.25) is 0 Å². The summed E-state index contributed by atoms with van der Waals surface area (Å²) < 4.78 is 3.72. The zero-order valence-electron chi connectivity index (χ0n) is 16.0. The number of carbonyl (C=O) groups is 1. The molecule has 4 rings (SSSR count). The summed E-state index contributed by atoms with van der Waals surface area (Å²) in [5, 5.41) is 7.28. The highest BCUT2D eigenvalue weighted by Crippen LogP contribution is 2.24. The van der Waals surface area contributed by atoms with E-state index in [0.29, 0.717) is 5.56 Å². The highest BCUT2D eigenvalue weighted by Gasteiger charge is 2.13. The van der Waals surface area contributed by atoms with E-state index in [1.165, 1.54) is 0 Å². The standard InChI is InChI=1S/C21H21N5OS/c1-14-15(2)24-25(3)20(14)23-21(27)16-7-9-18(10-8-16)28-13-17-12-26-11-5-4-6-19(26)22-17/h4-12H,13H2,1-3H3,(H,23,27). The number of nitrogens with one attached hydrogen (secondary N) is 1. The molecule has 1 N–H and O–H groups in total. The van der Waals surface area contributed by atoms with Crippen molar-refractivity contribution in [3.8, 4) is 0 Å². The smallest absolute Gasteiger partial charge is 0.256 e. The predicted octanol–water partition coefficient (Wildman–Crippen LogP) is 4.23. The molecule has 3 aromatic heterocycles. The SMILES string of the molecule is Cc1nn(C)c(NC(=O)c2ccc(SCc3cn4ccccc4n3)cc2)c1C. The van der Waals surface area contributed by atoms with Crippen LogP contribution in [0.4, 0.5) is 5.82 Å². The molecule has 0 unspecified atom stereocenters. The van der Waals surface area contributed by atoms with Crippen molar-refractivity contribution in [2.24, 2.45) is 7.05 Å². The summed E-state index contributed by atoms with van der Waals surface area (Å²) in [7, 11) is 1.83. The van der Waals surface area contributed by atoms with Crippen LogP contribution in [0.3, 0.4) is 0 Å². The molecule has 0 radical (unpaired) electrons. The highest BCUT2D eigenvalue weighted by atomic mass is 32.2. The molecule has 0 fully saturated rings. The maximum atomic E-state index is 12.5. The zero-order chi connectivity index (χ0) is 19.7. The molecule has 4 aromatic rings. The summed E-state index contributed by atoms with van der Waals surface area (Å²) >= 11 is 1.70. The minimum atomic E-state index is -0.136. The molecule has 0 saturated carbocycles. The molecule has 0 aliphatic heterocycles. The molecule has 0 spiro atoms. The normalized spacial score (nSPS) is 11.1. The molecule has 0 aliphatic carbocycles. The molecule has 0 atom stereocenters. The first-order chi connectivity index (χ1) is 13.5. The topological polar surface area (TPSA) is 64.2 Å². The van der Waals surface area contributed by atoms with Gasteiger partial charge in [-0.1, -0.05) is 6.07 Å². The summed E-state index contributed by atoms with van der Waals surface area (Å²) in [5.41, 5.74) is 4.49. The Balaban J connectivity index is 1.41. The molecule has 1 aromatic carbocycles. The van der Waals surface area contributed by atoms with Gasteiger partial charge in [-0.15, -0.1) is 11.8 Å². The summed E-state index contributed by atoms with van der Waals surface area (Å²) in [5.74, 6) is 1.37. The Bertz CT molecular complexity index is 1110. The molecule has 142 valence electrons. The minimum absolute atomic E-state index is 0.136. The van der Waals surface area contributed by atoms with Crippen LogP contribution >= 0.6 is 11.8 Å². The Hall–Kier alpha value is -3.06. The van der Waals surface area contributed by atoms with Gasteiger partial charge in [0.05, 0.1) is 11.4 Å². The van der Waals surface area contributed by atoms with Gasteiger partial charge in [0, 0.05) is 41.2 Å². The monoisotopic (exact) mass is 391 g/mol. The number of rotatable bonds is 5. The number of hydrogen-bond acceptors (Lipinski definition) is 4. The lowest BCUT2D eigenvalue weighted by atomic mass is 10.2. The predicted molar refractivity (Wildman–Crippen MR) is 112 cm³/mol. The first kappa shape index (κ1) is 18.3. The fraction of sp³-hybridized carbons (Fsp3) is 0.190. The van der Waals surface area contributed by atoms with Crippen LogP contribution in [-0.2, 0) is 12.8 Å². The van der Waals surface area contributed by atoms with E-state index in [-0.39, 0.29) is 5.91 Å². The van der Waals surface area contributed by atoms with Crippen LogP contribution in [0.1, 0.15) is 27.3 Å². The van der Waals surface area contributed by atoms with Gasteiger partial charge in [0.1, 0.15) is 11.5 Å². The van der Waals surface area contributed by atoms with Crippen molar-refractivity contribution < 1.29 is 4.79 Å². The van der Waals surface area contributed by atoms with Crippen LogP contribution in [0.5, 0.6) is 0 Å². The molecule has 0 saturated heterocycles. The Morgan fingerprint density at radius 1 is 1.14 bits per heavy atom. The number of carbonyl (C=O) groups excluding carboxylic acids is 1. The van der Waals surface area contributed by atoms with E-state index in [1.807, 2.05) is 80.2 Å². The Morgan fingerprint density at radius 3 is 2.61 bits per heavy atom. The van der Waals surface area contributed by atoms with Gasteiger partial charge in [-0.25, -0.2) is 4.98 Å². The maximum absolute atomic E-state index is 12.5. The van der Waals surface area contributed by atoms with E-state index in [9.17, 15) is 4.79 Å². The van der Waals surface area contributed by atoms with E-state index in [0.717, 1.165) is 39.1 Å². The molecule has 28 heavy (non-hydrogen) atoms. The number of nitrogens with zero attached hydrogens (tertiary/aromatic N) is 4. The Kier molecular flexibility index (Phi) is 4.92. The van der Waals surface area contributed by atoms with Gasteiger partial charge < -0.3 is 9.72 Å². The maximum Gasteiger partial charge on any atom is 0.256 e. The minimum Gasteiger partial charge on any atom is -0.307 e. The molecule has 7 heteroatoms. The third kappa shape index (κ3) is 3.66. The number of aryl methyl sites for hydroxylation is 2. The average molecular weight is 392 g/mol. The number of pyridine rings is 1. The van der Waals surface area contributed by atoms with Crippen LogP contribution < -0.4 is 5.32 Å². The van der Waals surface area contributed by atoms with Crippen molar-refractivity contribution in [3.63, 3.8) is 0 Å². The lowest BCUT2D eigenvalue weighted by Crippen LogP contribution is -2.15. The van der Waals surface area contributed by atoms with Crippen molar-refractivity contribution >= 4 is 29.1 Å². The van der Waals surface area contributed by atoms with Crippen molar-refractivity contribution in [1.82, 2.24) is 19.2 Å². The van der Waals surface area contributed by atoms with Crippen LogP contribution in [0, 0.1) is 13.8 Å². The molecule has 3 heterocycles.